The van der Waals surface area contributed by atoms with Crippen LogP contribution in [0.5, 0.6) is 5.75 Å². The molecule has 9 heteroatoms. The molecule has 0 aliphatic carbocycles. The van der Waals surface area contributed by atoms with E-state index < -0.39 is 28.7 Å². The van der Waals surface area contributed by atoms with E-state index in [2.05, 4.69) is 10.9 Å². The molecular formula is C17H16FN3O5. The number of nitro benzene ring substituents is 1. The van der Waals surface area contributed by atoms with Crippen molar-refractivity contribution in [2.45, 2.75) is 20.0 Å². The summed E-state index contributed by atoms with van der Waals surface area (Å²) < 4.78 is 18.7. The Kier molecular flexibility index (Phi) is 5.84. The molecule has 0 aromatic heterocycles. The first kappa shape index (κ1) is 18.8. The van der Waals surface area contributed by atoms with Crippen molar-refractivity contribution >= 4 is 17.5 Å². The lowest BCUT2D eigenvalue weighted by atomic mass is 10.1. The molecule has 0 fully saturated rings. The highest BCUT2D eigenvalue weighted by Gasteiger charge is 2.20. The molecule has 0 bridgehead atoms. The Morgan fingerprint density at radius 3 is 2.50 bits per heavy atom. The molecule has 0 radical (unpaired) electrons. The van der Waals surface area contributed by atoms with Crippen LogP contribution in [0, 0.1) is 22.9 Å². The maximum Gasteiger partial charge on any atom is 0.279 e. The van der Waals surface area contributed by atoms with Gasteiger partial charge >= 0.3 is 0 Å². The number of nitrogens with one attached hydrogen (secondary N) is 2. The zero-order valence-corrected chi connectivity index (χ0v) is 14.0. The van der Waals surface area contributed by atoms with Gasteiger partial charge < -0.3 is 4.74 Å². The number of nitro groups is 1. The Bertz CT molecular complexity index is 856. The predicted molar refractivity (Wildman–Crippen MR) is 89.9 cm³/mol. The van der Waals surface area contributed by atoms with Crippen molar-refractivity contribution in [1.29, 1.82) is 0 Å². The molecule has 0 spiro atoms. The van der Waals surface area contributed by atoms with Gasteiger partial charge in [0.1, 0.15) is 0 Å². The topological polar surface area (TPSA) is 111 Å². The van der Waals surface area contributed by atoms with Crippen molar-refractivity contribution < 1.29 is 23.6 Å². The number of ether oxygens (including phenoxy) is 1. The zero-order valence-electron chi connectivity index (χ0n) is 14.0. The van der Waals surface area contributed by atoms with E-state index in [0.717, 1.165) is 0 Å². The maximum absolute atomic E-state index is 13.5. The van der Waals surface area contributed by atoms with Crippen molar-refractivity contribution in [3.8, 4) is 5.75 Å². The van der Waals surface area contributed by atoms with Gasteiger partial charge in [-0.3, -0.25) is 30.6 Å². The smallest absolute Gasteiger partial charge is 0.279 e. The SMILES string of the molecule is Cc1c(C(=O)NNC(=O)C(C)Oc2ccccc2F)cccc1[N+](=O)[O-]. The first-order valence-electron chi connectivity index (χ1n) is 7.56. The Hall–Kier alpha value is -3.49. The molecule has 1 atom stereocenters. The number of halogens is 1. The number of nitrogens with zero attached hydrogens (tertiary/aromatic N) is 1. The molecule has 26 heavy (non-hydrogen) atoms. The number of benzene rings is 2. The summed E-state index contributed by atoms with van der Waals surface area (Å²) in [6, 6.07) is 9.62. The van der Waals surface area contributed by atoms with Gasteiger partial charge in [-0.2, -0.15) is 0 Å². The minimum absolute atomic E-state index is 0.0437. The van der Waals surface area contributed by atoms with Crippen LogP contribution < -0.4 is 15.6 Å². The summed E-state index contributed by atoms with van der Waals surface area (Å²) in [7, 11) is 0. The number of hydrogen-bond donors (Lipinski definition) is 2. The van der Waals surface area contributed by atoms with Gasteiger partial charge in [-0.25, -0.2) is 4.39 Å². The van der Waals surface area contributed by atoms with Gasteiger partial charge in [-0.1, -0.05) is 18.2 Å². The van der Waals surface area contributed by atoms with Gasteiger partial charge in [0.15, 0.2) is 17.7 Å². The zero-order chi connectivity index (χ0) is 19.3. The Balaban J connectivity index is 1.99. The quantitative estimate of drug-likeness (QED) is 0.627. The molecule has 2 aromatic rings. The third-order valence-electron chi connectivity index (χ3n) is 3.56. The highest BCUT2D eigenvalue weighted by molar-refractivity contribution is 5.97. The number of carbonyl (C=O) groups excluding carboxylic acids is 2. The Morgan fingerprint density at radius 2 is 1.85 bits per heavy atom. The van der Waals surface area contributed by atoms with Crippen LogP contribution in [0.15, 0.2) is 42.5 Å². The molecule has 2 N–H and O–H groups in total. The molecule has 0 saturated heterocycles. The molecular weight excluding hydrogens is 345 g/mol. The van der Waals surface area contributed by atoms with Crippen LogP contribution in [0.25, 0.3) is 0 Å². The molecule has 2 aromatic carbocycles. The van der Waals surface area contributed by atoms with Crippen LogP contribution in [0.3, 0.4) is 0 Å². The fourth-order valence-corrected chi connectivity index (χ4v) is 2.14. The molecule has 0 heterocycles. The minimum atomic E-state index is -1.08. The highest BCUT2D eigenvalue weighted by Crippen LogP contribution is 2.21. The molecule has 2 rings (SSSR count). The molecule has 0 saturated carbocycles. The number of carbonyl (C=O) groups is 2. The second-order valence-electron chi connectivity index (χ2n) is 5.34. The van der Waals surface area contributed by atoms with E-state index in [0.29, 0.717) is 0 Å². The van der Waals surface area contributed by atoms with Gasteiger partial charge in [-0.05, 0) is 32.0 Å². The average molecular weight is 361 g/mol. The first-order valence-corrected chi connectivity index (χ1v) is 7.56. The third kappa shape index (κ3) is 4.32. The van der Waals surface area contributed by atoms with Gasteiger partial charge in [0.2, 0.25) is 0 Å². The van der Waals surface area contributed by atoms with Gasteiger partial charge in [0, 0.05) is 11.6 Å². The van der Waals surface area contributed by atoms with Crippen LogP contribution in [0.2, 0.25) is 0 Å². The fraction of sp³-hybridized carbons (Fsp3) is 0.176. The number of amides is 2. The highest BCUT2D eigenvalue weighted by atomic mass is 19.1. The number of rotatable bonds is 5. The monoisotopic (exact) mass is 361 g/mol. The van der Waals surface area contributed by atoms with E-state index in [1.54, 1.807) is 6.07 Å². The van der Waals surface area contributed by atoms with Crippen LogP contribution in [-0.4, -0.2) is 22.8 Å². The van der Waals surface area contributed by atoms with Crippen LogP contribution in [0.4, 0.5) is 10.1 Å². The van der Waals surface area contributed by atoms with E-state index >= 15 is 0 Å². The minimum Gasteiger partial charge on any atom is -0.478 e. The van der Waals surface area contributed by atoms with Crippen molar-refractivity contribution in [2.75, 3.05) is 0 Å². The standard InChI is InChI=1S/C17H16FN3O5/c1-10-12(6-5-8-14(10)21(24)25)17(23)20-19-16(22)11(2)26-15-9-4-3-7-13(15)18/h3-9,11H,1-2H3,(H,19,22)(H,20,23). The van der Waals surface area contributed by atoms with E-state index in [9.17, 15) is 24.1 Å². The largest absolute Gasteiger partial charge is 0.478 e. The van der Waals surface area contributed by atoms with Gasteiger partial charge in [-0.15, -0.1) is 0 Å². The molecule has 8 nitrogen and oxygen atoms in total. The molecule has 1 unspecified atom stereocenters. The molecule has 0 aliphatic rings. The maximum atomic E-state index is 13.5. The van der Waals surface area contributed by atoms with Crippen LogP contribution in [-0.2, 0) is 4.79 Å². The lowest BCUT2D eigenvalue weighted by molar-refractivity contribution is -0.385. The Labute approximate surface area is 148 Å². The summed E-state index contributed by atoms with van der Waals surface area (Å²) >= 11 is 0. The van der Waals surface area contributed by atoms with Gasteiger partial charge in [0.25, 0.3) is 17.5 Å². The van der Waals surface area contributed by atoms with E-state index in [1.165, 1.54) is 50.2 Å². The van der Waals surface area contributed by atoms with Crippen molar-refractivity contribution in [3.05, 3.63) is 69.5 Å². The number of para-hydroxylation sites is 1. The average Bonchev–Trinajstić information content (AvgIpc) is 2.61. The number of hydrazine groups is 1. The number of hydrogen-bond acceptors (Lipinski definition) is 5. The summed E-state index contributed by atoms with van der Waals surface area (Å²) in [4.78, 5) is 34.4. The second kappa shape index (κ2) is 8.06. The van der Waals surface area contributed by atoms with E-state index in [1.807, 2.05) is 0 Å². The first-order chi connectivity index (χ1) is 12.3. The normalized spacial score (nSPS) is 11.3. The molecule has 2 amide bonds. The second-order valence-corrected chi connectivity index (χ2v) is 5.34. The summed E-state index contributed by atoms with van der Waals surface area (Å²) in [5, 5.41) is 10.9. The van der Waals surface area contributed by atoms with E-state index in [-0.39, 0.29) is 22.6 Å². The van der Waals surface area contributed by atoms with Crippen molar-refractivity contribution in [2.24, 2.45) is 0 Å². The molecule has 136 valence electrons. The third-order valence-corrected chi connectivity index (χ3v) is 3.56. The Morgan fingerprint density at radius 1 is 1.15 bits per heavy atom. The van der Waals surface area contributed by atoms with Crippen LogP contribution >= 0.6 is 0 Å². The lowest BCUT2D eigenvalue weighted by Gasteiger charge is -2.15. The lowest BCUT2D eigenvalue weighted by Crippen LogP contribution is -2.47. The summed E-state index contributed by atoms with van der Waals surface area (Å²) in [5.74, 6) is -2.17. The van der Waals surface area contributed by atoms with E-state index in [4.69, 9.17) is 4.74 Å². The summed E-state index contributed by atoms with van der Waals surface area (Å²) in [5.41, 5.74) is 4.29. The van der Waals surface area contributed by atoms with Crippen molar-refractivity contribution in [1.82, 2.24) is 10.9 Å². The van der Waals surface area contributed by atoms with Crippen molar-refractivity contribution in [3.63, 3.8) is 0 Å². The van der Waals surface area contributed by atoms with Gasteiger partial charge in [0.05, 0.1) is 10.5 Å². The predicted octanol–water partition coefficient (Wildman–Crippen LogP) is 2.27. The summed E-state index contributed by atoms with van der Waals surface area (Å²) in [6.45, 7) is 2.81. The molecule has 0 aliphatic heterocycles. The fourth-order valence-electron chi connectivity index (χ4n) is 2.14. The van der Waals surface area contributed by atoms with Crippen LogP contribution in [0.1, 0.15) is 22.8 Å². The summed E-state index contributed by atoms with van der Waals surface area (Å²) in [6.07, 6.45) is -1.08.